The van der Waals surface area contributed by atoms with E-state index in [1.54, 1.807) is 12.3 Å². The summed E-state index contributed by atoms with van der Waals surface area (Å²) < 4.78 is 0. The van der Waals surface area contributed by atoms with Crippen LogP contribution in [0.4, 0.5) is 5.69 Å². The van der Waals surface area contributed by atoms with Gasteiger partial charge in [-0.2, -0.15) is 0 Å². The van der Waals surface area contributed by atoms with Crippen molar-refractivity contribution in [2.45, 2.75) is 13.8 Å². The molecule has 0 aliphatic rings. The number of anilines is 1. The van der Waals surface area contributed by atoms with Gasteiger partial charge in [-0.05, 0) is 37.6 Å². The van der Waals surface area contributed by atoms with Crippen molar-refractivity contribution >= 4 is 11.5 Å². The Morgan fingerprint density at radius 2 is 2.06 bits per heavy atom. The first-order valence-electron chi connectivity index (χ1n) is 6.03. The Hall–Kier alpha value is -2.03. The minimum Gasteiger partial charge on any atom is -0.367 e. The van der Waals surface area contributed by atoms with E-state index in [2.05, 4.69) is 37.0 Å². The molecule has 0 aliphatic heterocycles. The van der Waals surface area contributed by atoms with Gasteiger partial charge in [0.15, 0.2) is 5.78 Å². The topological polar surface area (TPSA) is 36.1 Å². The Kier molecular flexibility index (Phi) is 3.51. The lowest BCUT2D eigenvalue weighted by molar-refractivity contribution is 0.0996. The predicted molar refractivity (Wildman–Crippen MR) is 74.3 cm³/mol. The van der Waals surface area contributed by atoms with Gasteiger partial charge in [0.25, 0.3) is 0 Å². The van der Waals surface area contributed by atoms with Crippen molar-refractivity contribution in [3.8, 4) is 0 Å². The number of ketones is 1. The van der Waals surface area contributed by atoms with Crippen LogP contribution in [0.25, 0.3) is 0 Å². The number of rotatable bonds is 4. The highest BCUT2D eigenvalue weighted by atomic mass is 16.1. The number of aryl methyl sites for hydroxylation is 2. The van der Waals surface area contributed by atoms with E-state index < -0.39 is 0 Å². The second-order valence-electron chi connectivity index (χ2n) is 4.65. The molecule has 0 bridgehead atoms. The number of aromatic amines is 1. The molecule has 0 amide bonds. The van der Waals surface area contributed by atoms with Crippen molar-refractivity contribution in [2.75, 3.05) is 18.5 Å². The van der Waals surface area contributed by atoms with Gasteiger partial charge >= 0.3 is 0 Å². The monoisotopic (exact) mass is 242 g/mol. The SMILES string of the molecule is Cc1ccc(N(C)CC(=O)c2ccc[nH]2)c(C)c1. The number of hydrogen-bond donors (Lipinski definition) is 1. The Bertz CT molecular complexity index is 544. The molecular weight excluding hydrogens is 224 g/mol. The zero-order chi connectivity index (χ0) is 13.1. The quantitative estimate of drug-likeness (QED) is 0.837. The molecule has 2 rings (SSSR count). The van der Waals surface area contributed by atoms with Crippen LogP contribution >= 0.6 is 0 Å². The van der Waals surface area contributed by atoms with Crippen molar-refractivity contribution in [3.05, 3.63) is 53.3 Å². The van der Waals surface area contributed by atoms with Crippen molar-refractivity contribution in [1.82, 2.24) is 4.98 Å². The second-order valence-corrected chi connectivity index (χ2v) is 4.65. The summed E-state index contributed by atoms with van der Waals surface area (Å²) in [6.45, 7) is 4.52. The normalized spacial score (nSPS) is 10.4. The fourth-order valence-electron chi connectivity index (χ4n) is 2.12. The molecule has 1 heterocycles. The molecule has 0 unspecified atom stereocenters. The maximum Gasteiger partial charge on any atom is 0.198 e. The van der Waals surface area contributed by atoms with E-state index in [4.69, 9.17) is 0 Å². The number of carbonyl (C=O) groups excluding carboxylic acids is 1. The molecular formula is C15H18N2O. The van der Waals surface area contributed by atoms with Gasteiger partial charge < -0.3 is 9.88 Å². The van der Waals surface area contributed by atoms with Crippen LogP contribution in [0.1, 0.15) is 21.6 Å². The average molecular weight is 242 g/mol. The number of nitrogens with one attached hydrogen (secondary N) is 1. The summed E-state index contributed by atoms with van der Waals surface area (Å²) in [5.74, 6) is 0.0995. The predicted octanol–water partition coefficient (Wildman–Crippen LogP) is 2.95. The molecule has 2 aromatic rings. The van der Waals surface area contributed by atoms with Gasteiger partial charge in [-0.3, -0.25) is 4.79 Å². The van der Waals surface area contributed by atoms with E-state index in [9.17, 15) is 4.79 Å². The number of aromatic nitrogens is 1. The van der Waals surface area contributed by atoms with Crippen LogP contribution in [-0.2, 0) is 0 Å². The van der Waals surface area contributed by atoms with Crippen molar-refractivity contribution in [1.29, 1.82) is 0 Å². The molecule has 1 N–H and O–H groups in total. The Morgan fingerprint density at radius 1 is 1.28 bits per heavy atom. The van der Waals surface area contributed by atoms with Crippen LogP contribution < -0.4 is 4.90 Å². The number of Topliss-reactive ketones (excluding diaryl/α,β-unsaturated/α-hetero) is 1. The lowest BCUT2D eigenvalue weighted by atomic mass is 10.1. The van der Waals surface area contributed by atoms with Gasteiger partial charge in [0.2, 0.25) is 0 Å². The van der Waals surface area contributed by atoms with Crippen molar-refractivity contribution in [3.63, 3.8) is 0 Å². The zero-order valence-corrected chi connectivity index (χ0v) is 11.0. The Labute approximate surface area is 107 Å². The lowest BCUT2D eigenvalue weighted by Gasteiger charge is -2.20. The van der Waals surface area contributed by atoms with Crippen LogP contribution in [0, 0.1) is 13.8 Å². The van der Waals surface area contributed by atoms with Gasteiger partial charge in [-0.15, -0.1) is 0 Å². The zero-order valence-electron chi connectivity index (χ0n) is 11.0. The molecule has 0 aliphatic carbocycles. The lowest BCUT2D eigenvalue weighted by Crippen LogP contribution is -2.26. The van der Waals surface area contributed by atoms with Crippen molar-refractivity contribution in [2.24, 2.45) is 0 Å². The van der Waals surface area contributed by atoms with Crippen LogP contribution in [0.2, 0.25) is 0 Å². The number of H-pyrrole nitrogens is 1. The fraction of sp³-hybridized carbons (Fsp3) is 0.267. The average Bonchev–Trinajstić information content (AvgIpc) is 2.81. The Balaban J connectivity index is 2.12. The number of nitrogens with zero attached hydrogens (tertiary/aromatic N) is 1. The molecule has 1 aromatic carbocycles. The molecule has 0 atom stereocenters. The highest BCUT2D eigenvalue weighted by Crippen LogP contribution is 2.20. The highest BCUT2D eigenvalue weighted by molar-refractivity contribution is 5.97. The van der Waals surface area contributed by atoms with Gasteiger partial charge in [0.05, 0.1) is 12.2 Å². The first-order valence-corrected chi connectivity index (χ1v) is 6.03. The van der Waals surface area contributed by atoms with E-state index in [1.165, 1.54) is 11.1 Å². The van der Waals surface area contributed by atoms with Crippen molar-refractivity contribution < 1.29 is 4.79 Å². The number of hydrogen-bond acceptors (Lipinski definition) is 2. The second kappa shape index (κ2) is 5.08. The standard InChI is InChI=1S/C15H18N2O/c1-11-6-7-14(12(2)9-11)17(3)10-15(18)13-5-4-8-16-13/h4-9,16H,10H2,1-3H3. The number of benzene rings is 1. The summed E-state index contributed by atoms with van der Waals surface area (Å²) in [6, 6.07) is 9.90. The van der Waals surface area contributed by atoms with E-state index in [0.717, 1.165) is 5.69 Å². The van der Waals surface area contributed by atoms with E-state index in [0.29, 0.717) is 12.2 Å². The molecule has 3 heteroatoms. The molecule has 18 heavy (non-hydrogen) atoms. The first-order chi connectivity index (χ1) is 8.58. The van der Waals surface area contributed by atoms with E-state index >= 15 is 0 Å². The minimum absolute atomic E-state index is 0.0995. The summed E-state index contributed by atoms with van der Waals surface area (Å²) >= 11 is 0. The molecule has 1 aromatic heterocycles. The van der Waals surface area contributed by atoms with Crippen LogP contribution in [0.5, 0.6) is 0 Å². The Morgan fingerprint density at radius 3 is 2.67 bits per heavy atom. The number of carbonyl (C=O) groups is 1. The smallest absolute Gasteiger partial charge is 0.198 e. The molecule has 94 valence electrons. The summed E-state index contributed by atoms with van der Waals surface area (Å²) in [6.07, 6.45) is 1.77. The molecule has 0 spiro atoms. The van der Waals surface area contributed by atoms with E-state index in [-0.39, 0.29) is 5.78 Å². The summed E-state index contributed by atoms with van der Waals surface area (Å²) in [5.41, 5.74) is 4.18. The van der Waals surface area contributed by atoms with Gasteiger partial charge in [-0.25, -0.2) is 0 Å². The molecule has 0 fully saturated rings. The fourth-order valence-corrected chi connectivity index (χ4v) is 2.12. The van der Waals surface area contributed by atoms with Crippen LogP contribution in [0.3, 0.4) is 0 Å². The largest absolute Gasteiger partial charge is 0.367 e. The maximum atomic E-state index is 12.0. The van der Waals surface area contributed by atoms with Gasteiger partial charge in [0, 0.05) is 18.9 Å². The van der Waals surface area contributed by atoms with E-state index in [1.807, 2.05) is 18.0 Å². The summed E-state index contributed by atoms with van der Waals surface area (Å²) in [4.78, 5) is 16.9. The summed E-state index contributed by atoms with van der Waals surface area (Å²) in [5, 5.41) is 0. The highest BCUT2D eigenvalue weighted by Gasteiger charge is 2.11. The van der Waals surface area contributed by atoms with Gasteiger partial charge in [0.1, 0.15) is 0 Å². The third kappa shape index (κ3) is 2.62. The maximum absolute atomic E-state index is 12.0. The molecule has 0 saturated carbocycles. The minimum atomic E-state index is 0.0995. The summed E-state index contributed by atoms with van der Waals surface area (Å²) in [7, 11) is 1.94. The third-order valence-electron chi connectivity index (χ3n) is 3.04. The molecule has 0 saturated heterocycles. The van der Waals surface area contributed by atoms with Crippen LogP contribution in [-0.4, -0.2) is 24.4 Å². The number of likely N-dealkylation sites (N-methyl/N-ethyl adjacent to an activating group) is 1. The first kappa shape index (κ1) is 12.4. The third-order valence-corrected chi connectivity index (χ3v) is 3.04. The van der Waals surface area contributed by atoms with Gasteiger partial charge in [-0.1, -0.05) is 17.7 Å². The molecule has 3 nitrogen and oxygen atoms in total. The van der Waals surface area contributed by atoms with Crippen LogP contribution in [0.15, 0.2) is 36.5 Å². The molecule has 0 radical (unpaired) electrons.